The summed E-state index contributed by atoms with van der Waals surface area (Å²) >= 11 is 5.99. The predicted octanol–water partition coefficient (Wildman–Crippen LogP) is 3.37. The summed E-state index contributed by atoms with van der Waals surface area (Å²) in [7, 11) is 0. The van der Waals surface area contributed by atoms with Crippen LogP contribution in [-0.4, -0.2) is 20.7 Å². The first-order valence-corrected chi connectivity index (χ1v) is 7.18. The van der Waals surface area contributed by atoms with E-state index in [9.17, 15) is 9.18 Å². The Morgan fingerprint density at radius 1 is 1.30 bits per heavy atom. The normalized spacial score (nSPS) is 10.5. The minimum absolute atomic E-state index is 0.315. The number of nitrogens with one attached hydrogen (secondary N) is 1. The number of hydrogen-bond acceptors (Lipinski definition) is 3. The van der Waals surface area contributed by atoms with Crippen LogP contribution in [0.5, 0.6) is 0 Å². The van der Waals surface area contributed by atoms with Crippen LogP contribution in [0.1, 0.15) is 16.1 Å². The molecule has 0 bridgehead atoms. The summed E-state index contributed by atoms with van der Waals surface area (Å²) in [5.41, 5.74) is 1.60. The van der Waals surface area contributed by atoms with E-state index in [1.807, 2.05) is 0 Å². The maximum Gasteiger partial charge on any atom is 0.274 e. The van der Waals surface area contributed by atoms with E-state index >= 15 is 0 Å². The van der Waals surface area contributed by atoms with Crippen molar-refractivity contribution in [2.45, 2.75) is 6.54 Å². The molecule has 0 spiro atoms. The van der Waals surface area contributed by atoms with Crippen LogP contribution in [0.3, 0.4) is 0 Å². The van der Waals surface area contributed by atoms with Crippen molar-refractivity contribution in [1.29, 1.82) is 0 Å². The lowest BCUT2D eigenvalue weighted by Gasteiger charge is -2.04. The first-order chi connectivity index (χ1) is 11.1. The number of carbonyl (C=O) groups is 1. The zero-order valence-corrected chi connectivity index (χ0v) is 12.7. The zero-order chi connectivity index (χ0) is 16.2. The average molecular weight is 331 g/mol. The van der Waals surface area contributed by atoms with E-state index in [4.69, 9.17) is 11.6 Å². The van der Waals surface area contributed by atoms with Gasteiger partial charge < -0.3 is 5.32 Å². The highest BCUT2D eigenvalue weighted by atomic mass is 35.5. The minimum atomic E-state index is -0.387. The molecule has 0 aliphatic rings. The molecule has 0 aliphatic heterocycles. The van der Waals surface area contributed by atoms with Gasteiger partial charge in [0.1, 0.15) is 11.5 Å². The number of hydrogen-bond donors (Lipinski definition) is 1. The summed E-state index contributed by atoms with van der Waals surface area (Å²) < 4.78 is 14.6. The monoisotopic (exact) mass is 330 g/mol. The van der Waals surface area contributed by atoms with E-state index < -0.39 is 0 Å². The van der Waals surface area contributed by atoms with E-state index in [0.29, 0.717) is 22.9 Å². The quantitative estimate of drug-likeness (QED) is 0.798. The molecule has 1 amide bonds. The van der Waals surface area contributed by atoms with Gasteiger partial charge in [-0.05, 0) is 29.8 Å². The summed E-state index contributed by atoms with van der Waals surface area (Å²) in [6, 6.07) is 9.30. The summed E-state index contributed by atoms with van der Waals surface area (Å²) in [5.74, 6) is -0.701. The van der Waals surface area contributed by atoms with Gasteiger partial charge in [-0.3, -0.25) is 14.5 Å². The van der Waals surface area contributed by atoms with Gasteiger partial charge in [0.05, 0.1) is 18.4 Å². The fraction of sp³-hybridized carbons (Fsp3) is 0.0625. The summed E-state index contributed by atoms with van der Waals surface area (Å²) in [4.78, 5) is 16.0. The molecule has 0 unspecified atom stereocenters. The van der Waals surface area contributed by atoms with Crippen molar-refractivity contribution in [1.82, 2.24) is 14.8 Å². The van der Waals surface area contributed by atoms with Crippen molar-refractivity contribution in [2.75, 3.05) is 5.32 Å². The second-order valence-electron chi connectivity index (χ2n) is 4.83. The Labute approximate surface area is 136 Å². The van der Waals surface area contributed by atoms with Gasteiger partial charge in [0.2, 0.25) is 0 Å². The molecular weight excluding hydrogens is 319 g/mol. The lowest BCUT2D eigenvalue weighted by atomic mass is 10.2. The van der Waals surface area contributed by atoms with Crippen LogP contribution in [0.4, 0.5) is 10.1 Å². The molecule has 1 N–H and O–H groups in total. The largest absolute Gasteiger partial charge is 0.318 e. The standard InChI is InChI=1S/C16H12ClFN4O/c17-14-7-12(18)5-4-11(14)9-22-10-13(8-20-22)21-16(23)15-3-1-2-6-19-15/h1-8,10H,9H2,(H,21,23). The molecule has 2 heterocycles. The van der Waals surface area contributed by atoms with Crippen LogP contribution in [0.25, 0.3) is 0 Å². The predicted molar refractivity (Wildman–Crippen MR) is 84.9 cm³/mol. The van der Waals surface area contributed by atoms with E-state index in [0.717, 1.165) is 5.56 Å². The van der Waals surface area contributed by atoms with Gasteiger partial charge in [-0.2, -0.15) is 5.10 Å². The SMILES string of the molecule is O=C(Nc1cnn(Cc2ccc(F)cc2Cl)c1)c1ccccn1. The lowest BCUT2D eigenvalue weighted by molar-refractivity contribution is 0.102. The number of aromatic nitrogens is 3. The first kappa shape index (κ1) is 15.2. The molecule has 2 aromatic heterocycles. The Hall–Kier alpha value is -2.73. The molecule has 0 saturated carbocycles. The van der Waals surface area contributed by atoms with Crippen molar-refractivity contribution in [3.8, 4) is 0 Å². The fourth-order valence-electron chi connectivity index (χ4n) is 2.03. The number of rotatable bonds is 4. The highest BCUT2D eigenvalue weighted by Gasteiger charge is 2.09. The van der Waals surface area contributed by atoms with Crippen molar-refractivity contribution in [2.24, 2.45) is 0 Å². The number of nitrogens with zero attached hydrogens (tertiary/aromatic N) is 3. The number of pyridine rings is 1. The van der Waals surface area contributed by atoms with Gasteiger partial charge in [0.25, 0.3) is 5.91 Å². The molecule has 116 valence electrons. The van der Waals surface area contributed by atoms with Crippen LogP contribution in [0.2, 0.25) is 5.02 Å². The fourth-order valence-corrected chi connectivity index (χ4v) is 2.26. The second kappa shape index (κ2) is 6.58. The third-order valence-corrected chi connectivity index (χ3v) is 3.49. The zero-order valence-electron chi connectivity index (χ0n) is 11.9. The average Bonchev–Trinajstić information content (AvgIpc) is 2.98. The van der Waals surface area contributed by atoms with E-state index in [1.165, 1.54) is 18.3 Å². The van der Waals surface area contributed by atoms with Crippen LogP contribution >= 0.6 is 11.6 Å². The molecular formula is C16H12ClFN4O. The third kappa shape index (κ3) is 3.73. The molecule has 3 rings (SSSR count). The molecule has 3 aromatic rings. The number of amides is 1. The van der Waals surface area contributed by atoms with Crippen molar-refractivity contribution < 1.29 is 9.18 Å². The van der Waals surface area contributed by atoms with Gasteiger partial charge >= 0.3 is 0 Å². The maximum atomic E-state index is 13.0. The van der Waals surface area contributed by atoms with Crippen LogP contribution in [0.15, 0.2) is 55.0 Å². The minimum Gasteiger partial charge on any atom is -0.318 e. The van der Waals surface area contributed by atoms with E-state index in [2.05, 4.69) is 15.4 Å². The Balaban J connectivity index is 1.70. The second-order valence-corrected chi connectivity index (χ2v) is 5.24. The highest BCUT2D eigenvalue weighted by Crippen LogP contribution is 2.19. The van der Waals surface area contributed by atoms with Gasteiger partial charge in [0, 0.05) is 17.4 Å². The smallest absolute Gasteiger partial charge is 0.274 e. The van der Waals surface area contributed by atoms with Gasteiger partial charge in [-0.15, -0.1) is 0 Å². The topological polar surface area (TPSA) is 59.8 Å². The molecule has 0 fully saturated rings. The van der Waals surface area contributed by atoms with Crippen LogP contribution in [0, 0.1) is 5.82 Å². The Morgan fingerprint density at radius 2 is 2.17 bits per heavy atom. The molecule has 5 nitrogen and oxygen atoms in total. The van der Waals surface area contributed by atoms with Crippen molar-refractivity contribution in [3.63, 3.8) is 0 Å². The molecule has 23 heavy (non-hydrogen) atoms. The van der Waals surface area contributed by atoms with Gasteiger partial charge in [0.15, 0.2) is 0 Å². The number of halogens is 2. The molecule has 0 atom stereocenters. The summed E-state index contributed by atoms with van der Waals surface area (Å²) in [6.07, 6.45) is 4.74. The number of anilines is 1. The van der Waals surface area contributed by atoms with E-state index in [-0.39, 0.29) is 11.7 Å². The molecule has 0 saturated heterocycles. The van der Waals surface area contributed by atoms with Gasteiger partial charge in [-0.25, -0.2) is 4.39 Å². The highest BCUT2D eigenvalue weighted by molar-refractivity contribution is 6.31. The third-order valence-electron chi connectivity index (χ3n) is 3.14. The van der Waals surface area contributed by atoms with Gasteiger partial charge in [-0.1, -0.05) is 23.7 Å². The Kier molecular flexibility index (Phi) is 4.34. The van der Waals surface area contributed by atoms with Crippen LogP contribution < -0.4 is 5.32 Å². The summed E-state index contributed by atoms with van der Waals surface area (Å²) in [6.45, 7) is 0.374. The molecule has 0 radical (unpaired) electrons. The molecule has 1 aromatic carbocycles. The van der Waals surface area contributed by atoms with Crippen LogP contribution in [-0.2, 0) is 6.54 Å². The Bertz CT molecular complexity index is 835. The Morgan fingerprint density at radius 3 is 2.91 bits per heavy atom. The lowest BCUT2D eigenvalue weighted by Crippen LogP contribution is -2.12. The van der Waals surface area contributed by atoms with Crippen molar-refractivity contribution >= 4 is 23.2 Å². The van der Waals surface area contributed by atoms with E-state index in [1.54, 1.807) is 41.3 Å². The molecule has 0 aliphatic carbocycles. The van der Waals surface area contributed by atoms with Crippen molar-refractivity contribution in [3.05, 3.63) is 77.1 Å². The molecule has 7 heteroatoms. The number of benzene rings is 1. The number of carbonyl (C=O) groups excluding carboxylic acids is 1. The first-order valence-electron chi connectivity index (χ1n) is 6.80. The summed E-state index contributed by atoms with van der Waals surface area (Å²) in [5, 5.41) is 7.19. The maximum absolute atomic E-state index is 13.0.